The van der Waals surface area contributed by atoms with Crippen molar-refractivity contribution in [3.8, 4) is 0 Å². The van der Waals surface area contributed by atoms with E-state index in [4.69, 9.17) is 0 Å². The number of ketones is 2. The average molecular weight is 372 g/mol. The van der Waals surface area contributed by atoms with Gasteiger partial charge in [-0.15, -0.1) is 0 Å². The van der Waals surface area contributed by atoms with Crippen LogP contribution in [0.4, 0.5) is 11.4 Å². The number of Topliss-reactive ketones (excluding diaryl/α,β-unsaturated/α-hetero) is 2. The van der Waals surface area contributed by atoms with Crippen molar-refractivity contribution in [2.24, 2.45) is 10.4 Å². The van der Waals surface area contributed by atoms with E-state index in [0.29, 0.717) is 12.8 Å². The van der Waals surface area contributed by atoms with Crippen LogP contribution in [-0.4, -0.2) is 17.8 Å². The Bertz CT molecular complexity index is 927. The molecule has 0 saturated heterocycles. The molecular formula is C24H24N2O2. The summed E-state index contributed by atoms with van der Waals surface area (Å²) in [6.45, 7) is 3.00. The van der Waals surface area contributed by atoms with Gasteiger partial charge >= 0.3 is 0 Å². The van der Waals surface area contributed by atoms with Crippen molar-refractivity contribution in [3.05, 3.63) is 84.1 Å². The highest BCUT2D eigenvalue weighted by molar-refractivity contribution is 6.07. The summed E-state index contributed by atoms with van der Waals surface area (Å²) in [6, 6.07) is 19.4. The van der Waals surface area contributed by atoms with Gasteiger partial charge in [-0.05, 0) is 62.1 Å². The third-order valence-corrected chi connectivity index (χ3v) is 5.06. The molecule has 0 unspecified atom stereocenters. The summed E-state index contributed by atoms with van der Waals surface area (Å²) >= 11 is 0. The van der Waals surface area contributed by atoms with E-state index in [1.54, 1.807) is 6.21 Å². The van der Waals surface area contributed by atoms with E-state index in [2.05, 4.69) is 10.3 Å². The van der Waals surface area contributed by atoms with E-state index in [1.165, 1.54) is 13.8 Å². The molecule has 0 aromatic heterocycles. The van der Waals surface area contributed by atoms with Crippen LogP contribution in [0.15, 0.2) is 89.1 Å². The van der Waals surface area contributed by atoms with Gasteiger partial charge in [0.15, 0.2) is 0 Å². The van der Waals surface area contributed by atoms with Gasteiger partial charge in [0.25, 0.3) is 0 Å². The lowest BCUT2D eigenvalue weighted by Crippen LogP contribution is -2.39. The number of allylic oxidation sites excluding steroid dienone is 3. The minimum absolute atomic E-state index is 0.107. The maximum absolute atomic E-state index is 12.5. The average Bonchev–Trinajstić information content (AvgIpc) is 2.72. The topological polar surface area (TPSA) is 58.5 Å². The Morgan fingerprint density at radius 3 is 2.14 bits per heavy atom. The van der Waals surface area contributed by atoms with Crippen LogP contribution in [0.25, 0.3) is 0 Å². The summed E-state index contributed by atoms with van der Waals surface area (Å²) in [7, 11) is 0. The summed E-state index contributed by atoms with van der Waals surface area (Å²) in [5.74, 6) is -0.214. The standard InChI is InChI=1S/C24H24N2O2/c1-18(27)24(19(2)28)14-20(16-25-22-9-5-3-6-10-22)13-21(15-24)17-26-23-11-7-4-8-12-23/h3-13,16-17,25H,14-15H2,1-2H3/b20-16-,26-17?. The quantitative estimate of drug-likeness (QED) is 0.555. The first-order chi connectivity index (χ1) is 13.5. The molecule has 0 heterocycles. The molecule has 2 aromatic rings. The van der Waals surface area contributed by atoms with Gasteiger partial charge in [0.05, 0.1) is 11.1 Å². The molecule has 0 spiro atoms. The number of carbonyl (C=O) groups excluding carboxylic acids is 2. The number of hydrogen-bond donors (Lipinski definition) is 1. The van der Waals surface area contributed by atoms with Crippen molar-refractivity contribution in [2.75, 3.05) is 5.32 Å². The minimum atomic E-state index is -1.03. The van der Waals surface area contributed by atoms with Gasteiger partial charge in [-0.3, -0.25) is 14.6 Å². The van der Waals surface area contributed by atoms with Gasteiger partial charge in [0.1, 0.15) is 11.6 Å². The number of hydrogen-bond acceptors (Lipinski definition) is 4. The largest absolute Gasteiger partial charge is 0.361 e. The Hall–Kier alpha value is -3.27. The van der Waals surface area contributed by atoms with Crippen molar-refractivity contribution >= 4 is 29.2 Å². The molecule has 0 bridgehead atoms. The second-order valence-electron chi connectivity index (χ2n) is 7.09. The third kappa shape index (κ3) is 4.52. The van der Waals surface area contributed by atoms with Gasteiger partial charge < -0.3 is 5.32 Å². The van der Waals surface area contributed by atoms with Crippen LogP contribution in [0.5, 0.6) is 0 Å². The smallest absolute Gasteiger partial charge is 0.144 e. The normalized spacial score (nSPS) is 17.4. The lowest BCUT2D eigenvalue weighted by Gasteiger charge is -2.33. The van der Waals surface area contributed by atoms with Crippen molar-refractivity contribution in [2.45, 2.75) is 26.7 Å². The maximum Gasteiger partial charge on any atom is 0.144 e. The van der Waals surface area contributed by atoms with Crippen molar-refractivity contribution in [1.82, 2.24) is 0 Å². The number of anilines is 1. The van der Waals surface area contributed by atoms with E-state index in [9.17, 15) is 9.59 Å². The van der Waals surface area contributed by atoms with E-state index < -0.39 is 5.41 Å². The summed E-state index contributed by atoms with van der Waals surface area (Å²) in [5, 5.41) is 3.25. The Kier molecular flexibility index (Phi) is 5.99. The number of rotatable bonds is 6. The Morgan fingerprint density at radius 1 is 0.929 bits per heavy atom. The second kappa shape index (κ2) is 8.61. The molecule has 0 fully saturated rings. The van der Waals surface area contributed by atoms with E-state index in [0.717, 1.165) is 22.5 Å². The zero-order valence-corrected chi connectivity index (χ0v) is 16.2. The van der Waals surface area contributed by atoms with Gasteiger partial charge in [0, 0.05) is 18.1 Å². The number of para-hydroxylation sites is 2. The number of nitrogens with one attached hydrogen (secondary N) is 1. The van der Waals surface area contributed by atoms with Crippen LogP contribution in [0.1, 0.15) is 26.7 Å². The van der Waals surface area contributed by atoms with Crippen molar-refractivity contribution in [3.63, 3.8) is 0 Å². The summed E-state index contributed by atoms with van der Waals surface area (Å²) in [4.78, 5) is 29.4. The maximum atomic E-state index is 12.5. The highest BCUT2D eigenvalue weighted by atomic mass is 16.2. The Labute approximate surface area is 165 Å². The van der Waals surface area contributed by atoms with Gasteiger partial charge in [-0.2, -0.15) is 0 Å². The highest BCUT2D eigenvalue weighted by Gasteiger charge is 2.43. The van der Waals surface area contributed by atoms with E-state index in [-0.39, 0.29) is 11.6 Å². The first-order valence-electron chi connectivity index (χ1n) is 9.32. The first-order valence-corrected chi connectivity index (χ1v) is 9.32. The van der Waals surface area contributed by atoms with Gasteiger partial charge in [-0.25, -0.2) is 0 Å². The molecule has 0 atom stereocenters. The molecule has 4 nitrogen and oxygen atoms in total. The van der Waals surface area contributed by atoms with Crippen LogP contribution in [-0.2, 0) is 9.59 Å². The first kappa shape index (κ1) is 19.5. The van der Waals surface area contributed by atoms with E-state index in [1.807, 2.05) is 72.9 Å². The lowest BCUT2D eigenvalue weighted by molar-refractivity contribution is -0.138. The molecular weight excluding hydrogens is 348 g/mol. The number of carbonyl (C=O) groups is 2. The number of benzene rings is 2. The molecule has 3 rings (SSSR count). The predicted molar refractivity (Wildman–Crippen MR) is 114 cm³/mol. The predicted octanol–water partition coefficient (Wildman–Crippen LogP) is 5.27. The molecule has 4 heteroatoms. The van der Waals surface area contributed by atoms with E-state index >= 15 is 0 Å². The SMILES string of the molecule is CC(=O)C1(C(C)=O)CC(C=Nc2ccccc2)=C/C(=C/Nc2ccccc2)C1. The highest BCUT2D eigenvalue weighted by Crippen LogP contribution is 2.40. The molecule has 28 heavy (non-hydrogen) atoms. The molecule has 1 aliphatic rings. The van der Waals surface area contributed by atoms with Crippen LogP contribution in [0.3, 0.4) is 0 Å². The molecule has 0 amide bonds. The third-order valence-electron chi connectivity index (χ3n) is 5.06. The summed E-state index contributed by atoms with van der Waals surface area (Å²) in [5.41, 5.74) is 2.51. The number of aliphatic imine (C=N–C) groups is 1. The van der Waals surface area contributed by atoms with Gasteiger partial charge in [-0.1, -0.05) is 42.5 Å². The van der Waals surface area contributed by atoms with Crippen LogP contribution in [0, 0.1) is 5.41 Å². The molecule has 0 radical (unpaired) electrons. The van der Waals surface area contributed by atoms with Crippen LogP contribution < -0.4 is 5.32 Å². The zero-order chi connectivity index (χ0) is 20.0. The monoisotopic (exact) mass is 372 g/mol. The Morgan fingerprint density at radius 2 is 1.54 bits per heavy atom. The van der Waals surface area contributed by atoms with Crippen LogP contribution >= 0.6 is 0 Å². The molecule has 1 N–H and O–H groups in total. The molecule has 2 aromatic carbocycles. The van der Waals surface area contributed by atoms with Gasteiger partial charge in [0.2, 0.25) is 0 Å². The fourth-order valence-electron chi connectivity index (χ4n) is 3.40. The molecule has 0 saturated carbocycles. The molecule has 0 aliphatic heterocycles. The fourth-order valence-corrected chi connectivity index (χ4v) is 3.40. The molecule has 142 valence electrons. The second-order valence-corrected chi connectivity index (χ2v) is 7.09. The van der Waals surface area contributed by atoms with Crippen molar-refractivity contribution < 1.29 is 9.59 Å². The lowest BCUT2D eigenvalue weighted by atomic mass is 9.67. The minimum Gasteiger partial charge on any atom is -0.361 e. The van der Waals surface area contributed by atoms with Crippen LogP contribution in [0.2, 0.25) is 0 Å². The van der Waals surface area contributed by atoms with Crippen molar-refractivity contribution in [1.29, 1.82) is 0 Å². The zero-order valence-electron chi connectivity index (χ0n) is 16.2. The fraction of sp³-hybridized carbons (Fsp3) is 0.208. The number of nitrogens with zero attached hydrogens (tertiary/aromatic N) is 1. The summed E-state index contributed by atoms with van der Waals surface area (Å²) < 4.78 is 0. The Balaban J connectivity index is 1.93. The molecule has 1 aliphatic carbocycles. The summed E-state index contributed by atoms with van der Waals surface area (Å²) in [6.07, 6.45) is 6.39.